The van der Waals surface area contributed by atoms with Gasteiger partial charge in [0.25, 0.3) is 0 Å². The first-order valence-corrected chi connectivity index (χ1v) is 6.62. The van der Waals surface area contributed by atoms with Gasteiger partial charge < -0.3 is 10.6 Å². The number of nitrogens with zero attached hydrogens (tertiary/aromatic N) is 1. The van der Waals surface area contributed by atoms with Crippen molar-refractivity contribution in [2.45, 2.75) is 32.2 Å². The van der Waals surface area contributed by atoms with Gasteiger partial charge in [-0.3, -0.25) is 15.0 Å². The molecule has 1 saturated heterocycles. The number of likely N-dealkylation sites (N-methyl/N-ethyl adjacent to an activating group) is 1. The normalized spacial score (nSPS) is 16.6. The molecule has 1 aliphatic rings. The molecule has 104 valence electrons. The van der Waals surface area contributed by atoms with E-state index in [1.54, 1.807) is 0 Å². The molecule has 1 fully saturated rings. The van der Waals surface area contributed by atoms with Crippen LogP contribution in [0.1, 0.15) is 26.2 Å². The van der Waals surface area contributed by atoms with E-state index in [2.05, 4.69) is 16.0 Å². The number of rotatable bonds is 5. The molecular formula is C12H24N4O2. The number of hydrogen-bond donors (Lipinski definition) is 3. The maximum Gasteiger partial charge on any atom is 0.321 e. The average Bonchev–Trinajstić information content (AvgIpc) is 2.37. The molecule has 6 nitrogen and oxygen atoms in total. The summed E-state index contributed by atoms with van der Waals surface area (Å²) in [7, 11) is 1.93. The van der Waals surface area contributed by atoms with Gasteiger partial charge in [0.05, 0.1) is 6.54 Å². The van der Waals surface area contributed by atoms with Gasteiger partial charge in [-0.2, -0.15) is 0 Å². The Morgan fingerprint density at radius 1 is 1.33 bits per heavy atom. The summed E-state index contributed by atoms with van der Waals surface area (Å²) in [5.74, 6) is -0.246. The van der Waals surface area contributed by atoms with Gasteiger partial charge in [0.15, 0.2) is 0 Å². The predicted octanol–water partition coefficient (Wildman–Crippen LogP) is -0.0940. The molecule has 0 unspecified atom stereocenters. The van der Waals surface area contributed by atoms with Crippen molar-refractivity contribution in [3.05, 3.63) is 0 Å². The summed E-state index contributed by atoms with van der Waals surface area (Å²) in [6.45, 7) is 4.81. The van der Waals surface area contributed by atoms with E-state index in [1.807, 2.05) is 18.9 Å². The van der Waals surface area contributed by atoms with E-state index in [4.69, 9.17) is 0 Å². The Labute approximate surface area is 108 Å². The Hall–Kier alpha value is -1.14. The van der Waals surface area contributed by atoms with Gasteiger partial charge in [-0.25, -0.2) is 4.79 Å². The molecular weight excluding hydrogens is 232 g/mol. The molecule has 0 bridgehead atoms. The fraction of sp³-hybridized carbons (Fsp3) is 0.833. The lowest BCUT2D eigenvalue weighted by molar-refractivity contribution is -0.121. The van der Waals surface area contributed by atoms with Gasteiger partial charge in [0, 0.05) is 12.6 Å². The highest BCUT2D eigenvalue weighted by atomic mass is 16.2. The van der Waals surface area contributed by atoms with Crippen molar-refractivity contribution in [3.8, 4) is 0 Å². The maximum atomic E-state index is 11.6. The van der Waals surface area contributed by atoms with Gasteiger partial charge in [-0.05, 0) is 39.4 Å². The second-order valence-corrected chi connectivity index (χ2v) is 4.70. The van der Waals surface area contributed by atoms with E-state index in [9.17, 15) is 9.59 Å². The summed E-state index contributed by atoms with van der Waals surface area (Å²) in [4.78, 5) is 25.0. The summed E-state index contributed by atoms with van der Waals surface area (Å²) >= 11 is 0. The topological polar surface area (TPSA) is 73.5 Å². The van der Waals surface area contributed by atoms with Crippen molar-refractivity contribution in [2.24, 2.45) is 0 Å². The largest absolute Gasteiger partial charge is 0.338 e. The molecule has 0 aromatic rings. The second kappa shape index (κ2) is 8.05. The number of carbonyl (C=O) groups excluding carboxylic acids is 2. The SMILES string of the molecule is CCCNC(=O)NC(=O)CN(C)C1CCNCC1. The Morgan fingerprint density at radius 3 is 2.61 bits per heavy atom. The molecule has 3 amide bonds. The van der Waals surface area contributed by atoms with Crippen LogP contribution in [0.4, 0.5) is 4.79 Å². The number of nitrogens with one attached hydrogen (secondary N) is 3. The van der Waals surface area contributed by atoms with Crippen LogP contribution >= 0.6 is 0 Å². The fourth-order valence-electron chi connectivity index (χ4n) is 2.05. The summed E-state index contributed by atoms with van der Waals surface area (Å²) in [5, 5.41) is 8.24. The van der Waals surface area contributed by atoms with Crippen LogP contribution in [0.3, 0.4) is 0 Å². The first-order chi connectivity index (χ1) is 8.63. The molecule has 0 atom stereocenters. The molecule has 6 heteroatoms. The summed E-state index contributed by atoms with van der Waals surface area (Å²) in [5.41, 5.74) is 0. The van der Waals surface area contributed by atoms with E-state index >= 15 is 0 Å². The Balaban J connectivity index is 2.23. The molecule has 0 radical (unpaired) electrons. The number of urea groups is 1. The van der Waals surface area contributed by atoms with E-state index in [-0.39, 0.29) is 12.5 Å². The van der Waals surface area contributed by atoms with Crippen molar-refractivity contribution in [2.75, 3.05) is 33.2 Å². The number of imide groups is 1. The lowest BCUT2D eigenvalue weighted by atomic mass is 10.1. The maximum absolute atomic E-state index is 11.6. The van der Waals surface area contributed by atoms with Crippen LogP contribution < -0.4 is 16.0 Å². The summed E-state index contributed by atoms with van der Waals surface area (Å²) < 4.78 is 0. The highest BCUT2D eigenvalue weighted by Gasteiger charge is 2.20. The molecule has 3 N–H and O–H groups in total. The van der Waals surface area contributed by atoms with E-state index in [0.717, 1.165) is 32.4 Å². The van der Waals surface area contributed by atoms with Gasteiger partial charge in [-0.15, -0.1) is 0 Å². The highest BCUT2D eigenvalue weighted by Crippen LogP contribution is 2.08. The minimum Gasteiger partial charge on any atom is -0.338 e. The van der Waals surface area contributed by atoms with Crippen LogP contribution in [-0.4, -0.2) is 56.1 Å². The van der Waals surface area contributed by atoms with E-state index in [1.165, 1.54) is 0 Å². The standard InChI is InChI=1S/C12H24N4O2/c1-3-6-14-12(18)15-11(17)9-16(2)10-4-7-13-8-5-10/h10,13H,3-9H2,1-2H3,(H2,14,15,17,18). The predicted molar refractivity (Wildman–Crippen MR) is 70.4 cm³/mol. The minimum absolute atomic E-state index is 0.246. The molecule has 1 aliphatic heterocycles. The van der Waals surface area contributed by atoms with Crippen LogP contribution in [-0.2, 0) is 4.79 Å². The number of hydrogen-bond acceptors (Lipinski definition) is 4. The third-order valence-corrected chi connectivity index (χ3v) is 3.11. The molecule has 18 heavy (non-hydrogen) atoms. The van der Waals surface area contributed by atoms with Crippen molar-refractivity contribution in [1.82, 2.24) is 20.9 Å². The van der Waals surface area contributed by atoms with Crippen molar-refractivity contribution >= 4 is 11.9 Å². The van der Waals surface area contributed by atoms with Crippen LogP contribution in [0.15, 0.2) is 0 Å². The third kappa shape index (κ3) is 5.46. The van der Waals surface area contributed by atoms with Gasteiger partial charge >= 0.3 is 6.03 Å². The number of piperidine rings is 1. The van der Waals surface area contributed by atoms with Gasteiger partial charge in [-0.1, -0.05) is 6.92 Å². The average molecular weight is 256 g/mol. The Morgan fingerprint density at radius 2 is 2.00 bits per heavy atom. The smallest absolute Gasteiger partial charge is 0.321 e. The third-order valence-electron chi connectivity index (χ3n) is 3.11. The van der Waals surface area contributed by atoms with E-state index in [0.29, 0.717) is 12.6 Å². The van der Waals surface area contributed by atoms with E-state index < -0.39 is 6.03 Å². The molecule has 0 aromatic carbocycles. The zero-order valence-corrected chi connectivity index (χ0v) is 11.3. The molecule has 1 rings (SSSR count). The van der Waals surface area contributed by atoms with Gasteiger partial charge in [0.1, 0.15) is 0 Å². The zero-order chi connectivity index (χ0) is 13.4. The van der Waals surface area contributed by atoms with Crippen LogP contribution in [0, 0.1) is 0 Å². The van der Waals surface area contributed by atoms with Crippen LogP contribution in [0.25, 0.3) is 0 Å². The molecule has 0 aliphatic carbocycles. The fourth-order valence-corrected chi connectivity index (χ4v) is 2.05. The Kier molecular flexibility index (Phi) is 6.67. The monoisotopic (exact) mass is 256 g/mol. The molecule has 0 spiro atoms. The summed E-state index contributed by atoms with van der Waals surface area (Å²) in [6.07, 6.45) is 2.95. The van der Waals surface area contributed by atoms with Crippen LogP contribution in [0.5, 0.6) is 0 Å². The first kappa shape index (κ1) is 14.9. The molecule has 0 aromatic heterocycles. The lowest BCUT2D eigenvalue weighted by Crippen LogP contribution is -2.48. The highest BCUT2D eigenvalue weighted by molar-refractivity contribution is 5.95. The first-order valence-electron chi connectivity index (χ1n) is 6.62. The lowest BCUT2D eigenvalue weighted by Gasteiger charge is -2.30. The van der Waals surface area contributed by atoms with Crippen molar-refractivity contribution in [1.29, 1.82) is 0 Å². The van der Waals surface area contributed by atoms with Crippen LogP contribution in [0.2, 0.25) is 0 Å². The zero-order valence-electron chi connectivity index (χ0n) is 11.3. The second-order valence-electron chi connectivity index (χ2n) is 4.70. The quantitative estimate of drug-likeness (QED) is 0.642. The molecule has 0 saturated carbocycles. The van der Waals surface area contributed by atoms with Crippen molar-refractivity contribution < 1.29 is 9.59 Å². The minimum atomic E-state index is -0.402. The number of amides is 3. The number of carbonyl (C=O) groups is 2. The molecule has 1 heterocycles. The summed E-state index contributed by atoms with van der Waals surface area (Å²) in [6, 6.07) is 0.0243. The Bertz CT molecular complexity index is 277. The van der Waals surface area contributed by atoms with Crippen molar-refractivity contribution in [3.63, 3.8) is 0 Å². The van der Waals surface area contributed by atoms with Gasteiger partial charge in [0.2, 0.25) is 5.91 Å².